The Bertz CT molecular complexity index is 679. The fourth-order valence-corrected chi connectivity index (χ4v) is 3.01. The Balaban J connectivity index is 2.47. The number of azide groups is 1. The first-order valence-corrected chi connectivity index (χ1v) is 8.02. The number of rotatable bonds is 4. The standard InChI is InChI=1S/C12H16FN5O2S/c1-9-10(8-21(13,19)20)6-11(7-12(9)16-17-14)18-4-2-15-3-5-18/h6-7,15H,2-5,8H2,1H3. The van der Waals surface area contributed by atoms with Gasteiger partial charge in [0.05, 0.1) is 0 Å². The van der Waals surface area contributed by atoms with Gasteiger partial charge in [0.15, 0.2) is 0 Å². The Morgan fingerprint density at radius 1 is 1.43 bits per heavy atom. The maximum atomic E-state index is 13.0. The van der Waals surface area contributed by atoms with Crippen molar-refractivity contribution < 1.29 is 12.3 Å². The van der Waals surface area contributed by atoms with Crippen LogP contribution in [0.3, 0.4) is 0 Å². The van der Waals surface area contributed by atoms with E-state index < -0.39 is 16.0 Å². The summed E-state index contributed by atoms with van der Waals surface area (Å²) in [7, 11) is -4.64. The van der Waals surface area contributed by atoms with Crippen LogP contribution in [0.25, 0.3) is 10.4 Å². The zero-order valence-corrected chi connectivity index (χ0v) is 12.4. The van der Waals surface area contributed by atoms with Gasteiger partial charge in [-0.05, 0) is 35.7 Å². The molecule has 0 aliphatic carbocycles. The first-order chi connectivity index (χ1) is 9.90. The summed E-state index contributed by atoms with van der Waals surface area (Å²) in [5.41, 5.74) is 10.5. The van der Waals surface area contributed by atoms with Gasteiger partial charge in [-0.15, -0.1) is 3.89 Å². The molecule has 0 amide bonds. The average molecular weight is 313 g/mol. The van der Waals surface area contributed by atoms with Crippen LogP contribution in [0.2, 0.25) is 0 Å². The molecule has 0 saturated carbocycles. The average Bonchev–Trinajstić information content (AvgIpc) is 2.43. The van der Waals surface area contributed by atoms with Crippen molar-refractivity contribution in [3.63, 3.8) is 0 Å². The van der Waals surface area contributed by atoms with Crippen molar-refractivity contribution in [1.82, 2.24) is 5.32 Å². The van der Waals surface area contributed by atoms with Crippen LogP contribution >= 0.6 is 0 Å². The fourth-order valence-electron chi connectivity index (χ4n) is 2.33. The highest BCUT2D eigenvalue weighted by atomic mass is 32.3. The molecular weight excluding hydrogens is 297 g/mol. The van der Waals surface area contributed by atoms with Crippen LogP contribution in [0.5, 0.6) is 0 Å². The maximum Gasteiger partial charge on any atom is 0.306 e. The minimum atomic E-state index is -4.64. The number of benzene rings is 1. The Labute approximate surface area is 122 Å². The highest BCUT2D eigenvalue weighted by Crippen LogP contribution is 2.31. The third kappa shape index (κ3) is 4.07. The SMILES string of the molecule is Cc1c(CS(=O)(=O)F)cc(N2CCNCC2)cc1N=[N+]=[N-]. The monoisotopic (exact) mass is 313 g/mol. The molecule has 2 rings (SSSR count). The zero-order chi connectivity index (χ0) is 15.5. The van der Waals surface area contributed by atoms with Crippen molar-refractivity contribution in [1.29, 1.82) is 0 Å². The van der Waals surface area contributed by atoms with Gasteiger partial charge in [0, 0.05) is 42.5 Å². The van der Waals surface area contributed by atoms with Crippen molar-refractivity contribution in [2.24, 2.45) is 5.11 Å². The van der Waals surface area contributed by atoms with E-state index in [1.807, 2.05) is 4.90 Å². The number of nitrogens with one attached hydrogen (secondary N) is 1. The van der Waals surface area contributed by atoms with Gasteiger partial charge in [0.2, 0.25) is 0 Å². The van der Waals surface area contributed by atoms with Crippen molar-refractivity contribution in [3.05, 3.63) is 33.7 Å². The van der Waals surface area contributed by atoms with E-state index in [9.17, 15) is 12.3 Å². The number of hydrogen-bond donors (Lipinski definition) is 1. The summed E-state index contributed by atoms with van der Waals surface area (Å²) >= 11 is 0. The van der Waals surface area contributed by atoms with Gasteiger partial charge in [0.25, 0.3) is 0 Å². The molecule has 0 atom stereocenters. The topological polar surface area (TPSA) is 98.2 Å². The van der Waals surface area contributed by atoms with Crippen molar-refractivity contribution in [2.75, 3.05) is 31.1 Å². The summed E-state index contributed by atoms with van der Waals surface area (Å²) in [5, 5.41) is 6.78. The molecular formula is C12H16FN5O2S. The Hall–Kier alpha value is -1.83. The molecule has 1 N–H and O–H groups in total. The van der Waals surface area contributed by atoms with Crippen LogP contribution in [-0.4, -0.2) is 34.6 Å². The molecule has 114 valence electrons. The Morgan fingerprint density at radius 3 is 2.67 bits per heavy atom. The summed E-state index contributed by atoms with van der Waals surface area (Å²) < 4.78 is 34.8. The second-order valence-electron chi connectivity index (χ2n) is 4.86. The van der Waals surface area contributed by atoms with E-state index in [1.54, 1.807) is 19.1 Å². The van der Waals surface area contributed by atoms with Gasteiger partial charge in [-0.1, -0.05) is 5.11 Å². The largest absolute Gasteiger partial charge is 0.369 e. The minimum absolute atomic E-state index is 0.316. The van der Waals surface area contributed by atoms with E-state index in [0.29, 0.717) is 16.8 Å². The van der Waals surface area contributed by atoms with Crippen molar-refractivity contribution >= 4 is 21.6 Å². The molecule has 1 heterocycles. The molecule has 0 bridgehead atoms. The van der Waals surface area contributed by atoms with Crippen LogP contribution in [0.1, 0.15) is 11.1 Å². The Morgan fingerprint density at radius 2 is 2.10 bits per heavy atom. The van der Waals surface area contributed by atoms with Crippen LogP contribution in [0.4, 0.5) is 15.3 Å². The fraction of sp³-hybridized carbons (Fsp3) is 0.500. The van der Waals surface area contributed by atoms with E-state index in [2.05, 4.69) is 15.3 Å². The van der Waals surface area contributed by atoms with Gasteiger partial charge in [0.1, 0.15) is 5.75 Å². The quantitative estimate of drug-likeness (QED) is 0.398. The Kier molecular flexibility index (Phi) is 4.66. The molecule has 1 fully saturated rings. The lowest BCUT2D eigenvalue weighted by Gasteiger charge is -2.30. The summed E-state index contributed by atoms with van der Waals surface area (Å²) in [6, 6.07) is 3.35. The number of nitrogens with zero attached hydrogens (tertiary/aromatic N) is 4. The van der Waals surface area contributed by atoms with E-state index >= 15 is 0 Å². The maximum absolute atomic E-state index is 13.0. The third-order valence-corrected chi connectivity index (χ3v) is 4.09. The number of anilines is 1. The van der Waals surface area contributed by atoms with Gasteiger partial charge >= 0.3 is 10.2 Å². The van der Waals surface area contributed by atoms with Crippen molar-refractivity contribution in [2.45, 2.75) is 12.7 Å². The van der Waals surface area contributed by atoms with E-state index in [1.165, 1.54) is 0 Å². The molecule has 0 radical (unpaired) electrons. The van der Waals surface area contributed by atoms with Crippen LogP contribution < -0.4 is 10.2 Å². The highest BCUT2D eigenvalue weighted by Gasteiger charge is 2.17. The molecule has 0 spiro atoms. The first kappa shape index (κ1) is 15.6. The lowest BCUT2D eigenvalue weighted by atomic mass is 10.1. The second-order valence-corrected chi connectivity index (χ2v) is 6.23. The van der Waals surface area contributed by atoms with Gasteiger partial charge < -0.3 is 10.2 Å². The number of halogens is 1. The summed E-state index contributed by atoms with van der Waals surface area (Å²) in [5.74, 6) is -0.716. The molecule has 0 unspecified atom stereocenters. The third-order valence-electron chi connectivity index (χ3n) is 3.44. The second kappa shape index (κ2) is 6.30. The first-order valence-electron chi connectivity index (χ1n) is 6.47. The summed E-state index contributed by atoms with van der Waals surface area (Å²) in [6.07, 6.45) is 0. The van der Waals surface area contributed by atoms with E-state index in [0.717, 1.165) is 31.9 Å². The molecule has 21 heavy (non-hydrogen) atoms. The number of hydrogen-bond acceptors (Lipinski definition) is 5. The van der Waals surface area contributed by atoms with Crippen LogP contribution in [0, 0.1) is 6.92 Å². The van der Waals surface area contributed by atoms with Gasteiger partial charge in [-0.2, -0.15) is 8.42 Å². The molecule has 1 aromatic carbocycles. The predicted molar refractivity (Wildman–Crippen MR) is 78.8 cm³/mol. The lowest BCUT2D eigenvalue weighted by molar-refractivity contribution is 0.551. The normalized spacial score (nSPS) is 15.6. The lowest BCUT2D eigenvalue weighted by Crippen LogP contribution is -2.43. The minimum Gasteiger partial charge on any atom is -0.369 e. The predicted octanol–water partition coefficient (Wildman–Crippen LogP) is 2.15. The van der Waals surface area contributed by atoms with E-state index in [4.69, 9.17) is 5.53 Å². The zero-order valence-electron chi connectivity index (χ0n) is 11.6. The smallest absolute Gasteiger partial charge is 0.306 e. The molecule has 1 saturated heterocycles. The van der Waals surface area contributed by atoms with Gasteiger partial charge in [-0.3, -0.25) is 0 Å². The van der Waals surface area contributed by atoms with Crippen LogP contribution in [0.15, 0.2) is 17.2 Å². The van der Waals surface area contributed by atoms with Gasteiger partial charge in [-0.25, -0.2) is 0 Å². The summed E-state index contributed by atoms with van der Waals surface area (Å²) in [6.45, 7) is 4.73. The molecule has 0 aromatic heterocycles. The summed E-state index contributed by atoms with van der Waals surface area (Å²) in [4.78, 5) is 4.78. The molecule has 1 aliphatic rings. The highest BCUT2D eigenvalue weighted by molar-refractivity contribution is 7.85. The van der Waals surface area contributed by atoms with Crippen molar-refractivity contribution in [3.8, 4) is 0 Å². The van der Waals surface area contributed by atoms with E-state index in [-0.39, 0.29) is 0 Å². The molecule has 7 nitrogen and oxygen atoms in total. The molecule has 1 aliphatic heterocycles. The van der Waals surface area contributed by atoms with Crippen LogP contribution in [-0.2, 0) is 16.0 Å². The molecule has 1 aromatic rings. The number of piperazine rings is 1. The molecule has 9 heteroatoms.